The highest BCUT2D eigenvalue weighted by atomic mass is 35.5. The number of aliphatic hydroxyl groups is 1. The molecule has 0 bridgehead atoms. The molecule has 2 N–H and O–H groups in total. The Morgan fingerprint density at radius 3 is 2.36 bits per heavy atom. The fourth-order valence-electron chi connectivity index (χ4n) is 4.31. The predicted molar refractivity (Wildman–Crippen MR) is 141 cm³/mol. The summed E-state index contributed by atoms with van der Waals surface area (Å²) in [6.07, 6.45) is 0. The summed E-state index contributed by atoms with van der Waals surface area (Å²) in [4.78, 5) is 27.9. The molecule has 1 unspecified atom stereocenters. The number of carbonyl (C=O) groups excluding carboxylic acids is 2. The van der Waals surface area contributed by atoms with Gasteiger partial charge in [-0.25, -0.2) is 0 Å². The minimum atomic E-state index is -0.987. The van der Waals surface area contributed by atoms with Crippen LogP contribution in [0.5, 0.6) is 11.5 Å². The minimum Gasteiger partial charge on any atom is -0.507 e. The molecule has 1 aliphatic rings. The molecule has 3 aromatic rings. The summed E-state index contributed by atoms with van der Waals surface area (Å²) in [5, 5.41) is 22.2. The standard InChI is InChI=1S/C29H28ClNO5/c1-5-36-21-8-6-7-18(15-21)26(33)24-25(17-9-11-19(12-10-17)29(2,3)4)31(28(35)27(24)34)22-16-20(30)13-14-23(22)32/h6-16,25,32-33H,5H2,1-4H3/b26-24+. The van der Waals surface area contributed by atoms with Gasteiger partial charge in [0.2, 0.25) is 0 Å². The molecule has 4 rings (SSSR count). The SMILES string of the molecule is CCOc1cccc(/C(O)=C2\C(=O)C(=O)N(c3cc(Cl)ccc3O)C2c2ccc(C(C)(C)C)cc2)c1. The second kappa shape index (κ2) is 9.70. The maximum absolute atomic E-state index is 13.4. The number of phenols is 1. The quantitative estimate of drug-likeness (QED) is 0.239. The monoisotopic (exact) mass is 505 g/mol. The first-order chi connectivity index (χ1) is 17.0. The number of carbonyl (C=O) groups is 2. The number of Topliss-reactive ketones (excluding diaryl/α,β-unsaturated/α-hetero) is 1. The van der Waals surface area contributed by atoms with E-state index in [2.05, 4.69) is 20.8 Å². The zero-order valence-corrected chi connectivity index (χ0v) is 21.3. The number of halogens is 1. The first-order valence-corrected chi connectivity index (χ1v) is 12.0. The predicted octanol–water partition coefficient (Wildman–Crippen LogP) is 6.37. The summed E-state index contributed by atoms with van der Waals surface area (Å²) in [6.45, 7) is 8.54. The Balaban J connectivity index is 1.95. The van der Waals surface area contributed by atoms with Crippen LogP contribution in [0.25, 0.3) is 5.76 Å². The average Bonchev–Trinajstić information content (AvgIpc) is 3.10. The Morgan fingerprint density at radius 2 is 1.72 bits per heavy atom. The topological polar surface area (TPSA) is 87.1 Å². The third kappa shape index (κ3) is 4.69. The van der Waals surface area contributed by atoms with Gasteiger partial charge in [-0.1, -0.05) is 68.8 Å². The lowest BCUT2D eigenvalue weighted by atomic mass is 9.85. The van der Waals surface area contributed by atoms with Gasteiger partial charge in [0, 0.05) is 10.6 Å². The highest BCUT2D eigenvalue weighted by Gasteiger charge is 2.47. The second-order valence-corrected chi connectivity index (χ2v) is 10.1. The van der Waals surface area contributed by atoms with E-state index in [1.165, 1.54) is 23.1 Å². The first kappa shape index (κ1) is 25.3. The van der Waals surface area contributed by atoms with E-state index in [0.29, 0.717) is 23.5 Å². The van der Waals surface area contributed by atoms with Gasteiger partial charge in [-0.15, -0.1) is 0 Å². The second-order valence-electron chi connectivity index (χ2n) is 9.63. The zero-order chi connectivity index (χ0) is 26.2. The Kier molecular flexibility index (Phi) is 6.83. The third-order valence-corrected chi connectivity index (χ3v) is 6.39. The van der Waals surface area contributed by atoms with Crippen molar-refractivity contribution < 1.29 is 24.5 Å². The molecular formula is C29H28ClNO5. The molecule has 7 heteroatoms. The summed E-state index contributed by atoms with van der Waals surface area (Å²) in [6, 6.07) is 17.5. The summed E-state index contributed by atoms with van der Waals surface area (Å²) in [7, 11) is 0. The summed E-state index contributed by atoms with van der Waals surface area (Å²) in [5.41, 5.74) is 1.90. The molecule has 1 heterocycles. The Morgan fingerprint density at radius 1 is 1.03 bits per heavy atom. The largest absolute Gasteiger partial charge is 0.507 e. The molecule has 0 aromatic heterocycles. The number of phenolic OH excluding ortho intramolecular Hbond substituents is 1. The van der Waals surface area contributed by atoms with E-state index >= 15 is 0 Å². The van der Waals surface area contributed by atoms with Crippen LogP contribution in [0.4, 0.5) is 5.69 Å². The number of anilines is 1. The van der Waals surface area contributed by atoms with Crippen LogP contribution in [0.2, 0.25) is 5.02 Å². The molecule has 36 heavy (non-hydrogen) atoms. The van der Waals surface area contributed by atoms with Crippen molar-refractivity contribution in [2.24, 2.45) is 0 Å². The minimum absolute atomic E-state index is 0.0802. The smallest absolute Gasteiger partial charge is 0.300 e. The first-order valence-electron chi connectivity index (χ1n) is 11.7. The third-order valence-electron chi connectivity index (χ3n) is 6.15. The molecule has 0 saturated carbocycles. The number of ether oxygens (including phenoxy) is 1. The van der Waals surface area contributed by atoms with Crippen LogP contribution in [0, 0.1) is 0 Å². The number of aliphatic hydroxyl groups excluding tert-OH is 1. The van der Waals surface area contributed by atoms with Crippen molar-refractivity contribution in [3.8, 4) is 11.5 Å². The number of hydrogen-bond donors (Lipinski definition) is 2. The van der Waals surface area contributed by atoms with E-state index in [4.69, 9.17) is 16.3 Å². The molecule has 1 aliphatic heterocycles. The highest BCUT2D eigenvalue weighted by molar-refractivity contribution is 6.52. The van der Waals surface area contributed by atoms with E-state index in [9.17, 15) is 19.8 Å². The number of benzene rings is 3. The van der Waals surface area contributed by atoms with Crippen molar-refractivity contribution in [3.63, 3.8) is 0 Å². The molecular weight excluding hydrogens is 478 g/mol. The van der Waals surface area contributed by atoms with Gasteiger partial charge in [0.1, 0.15) is 17.3 Å². The van der Waals surface area contributed by atoms with Crippen molar-refractivity contribution in [2.75, 3.05) is 11.5 Å². The molecule has 1 atom stereocenters. The van der Waals surface area contributed by atoms with Gasteiger partial charge in [-0.2, -0.15) is 0 Å². The number of nitrogens with zero attached hydrogens (tertiary/aromatic N) is 1. The van der Waals surface area contributed by atoms with Crippen molar-refractivity contribution in [1.29, 1.82) is 0 Å². The lowest BCUT2D eigenvalue weighted by Crippen LogP contribution is -2.29. The fourth-order valence-corrected chi connectivity index (χ4v) is 4.47. The fraction of sp³-hybridized carbons (Fsp3) is 0.241. The van der Waals surface area contributed by atoms with E-state index in [-0.39, 0.29) is 33.2 Å². The molecule has 0 spiro atoms. The normalized spacial score (nSPS) is 17.5. The molecule has 1 saturated heterocycles. The van der Waals surface area contributed by atoms with Crippen LogP contribution >= 0.6 is 11.6 Å². The van der Waals surface area contributed by atoms with Crippen molar-refractivity contribution >= 4 is 34.7 Å². The van der Waals surface area contributed by atoms with Gasteiger partial charge in [0.05, 0.1) is 23.9 Å². The van der Waals surface area contributed by atoms with Crippen LogP contribution in [0.1, 0.15) is 50.4 Å². The summed E-state index contributed by atoms with van der Waals surface area (Å²) in [5.74, 6) is -1.76. The lowest BCUT2D eigenvalue weighted by Gasteiger charge is -2.27. The molecule has 1 amide bonds. The van der Waals surface area contributed by atoms with E-state index in [1.54, 1.807) is 24.3 Å². The Bertz CT molecular complexity index is 1350. The highest BCUT2D eigenvalue weighted by Crippen LogP contribution is 2.45. The number of aromatic hydroxyl groups is 1. The number of amides is 1. The van der Waals surface area contributed by atoms with Gasteiger partial charge < -0.3 is 14.9 Å². The van der Waals surface area contributed by atoms with Crippen LogP contribution in [-0.4, -0.2) is 28.5 Å². The van der Waals surface area contributed by atoms with Crippen LogP contribution in [0.15, 0.2) is 72.3 Å². The molecule has 6 nitrogen and oxygen atoms in total. The van der Waals surface area contributed by atoms with Crippen LogP contribution in [0.3, 0.4) is 0 Å². The maximum atomic E-state index is 13.4. The van der Waals surface area contributed by atoms with Crippen LogP contribution in [-0.2, 0) is 15.0 Å². The van der Waals surface area contributed by atoms with Gasteiger partial charge in [0.25, 0.3) is 11.7 Å². The summed E-state index contributed by atoms with van der Waals surface area (Å²) >= 11 is 6.18. The van der Waals surface area contributed by atoms with Gasteiger partial charge in [0.15, 0.2) is 0 Å². The number of hydrogen-bond acceptors (Lipinski definition) is 5. The van der Waals surface area contributed by atoms with Gasteiger partial charge >= 0.3 is 0 Å². The zero-order valence-electron chi connectivity index (χ0n) is 20.6. The number of rotatable bonds is 5. The van der Waals surface area contributed by atoms with Gasteiger partial charge in [-0.05, 0) is 53.8 Å². The van der Waals surface area contributed by atoms with Crippen molar-refractivity contribution in [1.82, 2.24) is 0 Å². The molecule has 1 fully saturated rings. The number of ketones is 1. The van der Waals surface area contributed by atoms with Gasteiger partial charge in [-0.3, -0.25) is 14.5 Å². The Labute approximate surface area is 215 Å². The average molecular weight is 506 g/mol. The van der Waals surface area contributed by atoms with Crippen molar-refractivity contribution in [2.45, 2.75) is 39.2 Å². The van der Waals surface area contributed by atoms with E-state index in [1.807, 2.05) is 31.2 Å². The molecule has 0 radical (unpaired) electrons. The maximum Gasteiger partial charge on any atom is 0.300 e. The van der Waals surface area contributed by atoms with Crippen LogP contribution < -0.4 is 9.64 Å². The Hall–Kier alpha value is -3.77. The van der Waals surface area contributed by atoms with Crippen molar-refractivity contribution in [3.05, 3.63) is 94.0 Å². The summed E-state index contributed by atoms with van der Waals surface area (Å²) < 4.78 is 5.54. The molecule has 3 aromatic carbocycles. The van der Waals surface area contributed by atoms with E-state index < -0.39 is 17.7 Å². The molecule has 186 valence electrons. The molecule has 0 aliphatic carbocycles. The lowest BCUT2D eigenvalue weighted by molar-refractivity contribution is -0.132. The van der Waals surface area contributed by atoms with E-state index in [0.717, 1.165) is 5.56 Å².